The number of nitrogens with one attached hydrogen (secondary N) is 1. The lowest BCUT2D eigenvalue weighted by molar-refractivity contribution is -0.143. The fourth-order valence-electron chi connectivity index (χ4n) is 1.79. The number of nitrogens with two attached hydrogens (primary N) is 1. The Hall–Kier alpha value is -2.08. The van der Waals surface area contributed by atoms with E-state index in [9.17, 15) is 9.59 Å². The standard InChI is InChI=1S/C15H22N2O4/c1-20-14(18)13(9-5-6-10-16)17-15(19)21-11-12-7-3-2-4-8-12/h2-4,7-8,13H,5-6,9-11,16H2,1H3,(H,17,19)/t13-/m1/s1. The number of ether oxygens (including phenoxy) is 2. The van der Waals surface area contributed by atoms with Gasteiger partial charge in [0.2, 0.25) is 0 Å². The molecule has 0 unspecified atom stereocenters. The SMILES string of the molecule is COC(=O)[C@@H](CCCCN)NC(=O)OCc1ccccc1. The van der Waals surface area contributed by atoms with Crippen molar-refractivity contribution in [3.63, 3.8) is 0 Å². The van der Waals surface area contributed by atoms with Crippen LogP contribution in [0.1, 0.15) is 24.8 Å². The first-order valence-electron chi connectivity index (χ1n) is 6.92. The van der Waals surface area contributed by atoms with Crippen molar-refractivity contribution in [3.8, 4) is 0 Å². The fourth-order valence-corrected chi connectivity index (χ4v) is 1.79. The van der Waals surface area contributed by atoms with Gasteiger partial charge in [-0.3, -0.25) is 0 Å². The Morgan fingerprint density at radius 3 is 2.57 bits per heavy atom. The van der Waals surface area contributed by atoms with Gasteiger partial charge in [-0.15, -0.1) is 0 Å². The number of hydrogen-bond acceptors (Lipinski definition) is 5. The van der Waals surface area contributed by atoms with Crippen molar-refractivity contribution in [2.45, 2.75) is 31.9 Å². The maximum atomic E-state index is 11.7. The Balaban J connectivity index is 2.41. The third-order valence-electron chi connectivity index (χ3n) is 2.94. The van der Waals surface area contributed by atoms with E-state index in [4.69, 9.17) is 10.5 Å². The first-order chi connectivity index (χ1) is 10.2. The highest BCUT2D eigenvalue weighted by Crippen LogP contribution is 2.04. The van der Waals surface area contributed by atoms with Gasteiger partial charge in [0.25, 0.3) is 0 Å². The molecule has 0 aliphatic carbocycles. The molecule has 0 bridgehead atoms. The number of carbonyl (C=O) groups is 2. The molecule has 1 atom stereocenters. The number of hydrogen-bond donors (Lipinski definition) is 2. The Labute approximate surface area is 124 Å². The van der Waals surface area contributed by atoms with Crippen LogP contribution < -0.4 is 11.1 Å². The third kappa shape index (κ3) is 6.76. The average molecular weight is 294 g/mol. The van der Waals surface area contributed by atoms with Gasteiger partial charge < -0.3 is 20.5 Å². The number of amides is 1. The molecule has 0 aliphatic heterocycles. The molecule has 116 valence electrons. The van der Waals surface area contributed by atoms with Crippen LogP contribution in [0, 0.1) is 0 Å². The molecule has 3 N–H and O–H groups in total. The Bertz CT molecular complexity index is 437. The molecule has 6 nitrogen and oxygen atoms in total. The zero-order chi connectivity index (χ0) is 15.5. The number of alkyl carbamates (subject to hydrolysis) is 1. The lowest BCUT2D eigenvalue weighted by atomic mass is 10.1. The van der Waals surface area contributed by atoms with Crippen LogP contribution >= 0.6 is 0 Å². The van der Waals surface area contributed by atoms with Crippen LogP contribution in [0.3, 0.4) is 0 Å². The number of unbranched alkanes of at least 4 members (excludes halogenated alkanes) is 1. The number of carbonyl (C=O) groups excluding carboxylic acids is 2. The second kappa shape index (κ2) is 9.77. The van der Waals surface area contributed by atoms with Gasteiger partial charge in [-0.2, -0.15) is 0 Å². The van der Waals surface area contributed by atoms with Crippen molar-refractivity contribution >= 4 is 12.1 Å². The van der Waals surface area contributed by atoms with Crippen LogP contribution in [0.15, 0.2) is 30.3 Å². The summed E-state index contributed by atoms with van der Waals surface area (Å²) in [6, 6.07) is 8.61. The molecule has 1 amide bonds. The van der Waals surface area contributed by atoms with Crippen molar-refractivity contribution in [2.24, 2.45) is 5.73 Å². The molecule has 0 aromatic heterocycles. The average Bonchev–Trinajstić information content (AvgIpc) is 2.52. The molecule has 1 rings (SSSR count). The molecular weight excluding hydrogens is 272 g/mol. The van der Waals surface area contributed by atoms with Crippen LogP contribution in [0.2, 0.25) is 0 Å². The maximum Gasteiger partial charge on any atom is 0.408 e. The lowest BCUT2D eigenvalue weighted by Gasteiger charge is -2.16. The summed E-state index contributed by atoms with van der Waals surface area (Å²) in [6.45, 7) is 0.704. The molecule has 6 heteroatoms. The molecule has 21 heavy (non-hydrogen) atoms. The van der Waals surface area contributed by atoms with Gasteiger partial charge in [0, 0.05) is 0 Å². The maximum absolute atomic E-state index is 11.7. The second-order valence-corrected chi connectivity index (χ2v) is 4.57. The molecule has 0 heterocycles. The highest BCUT2D eigenvalue weighted by molar-refractivity contribution is 5.81. The summed E-state index contributed by atoms with van der Waals surface area (Å²) in [5, 5.41) is 2.52. The van der Waals surface area contributed by atoms with Gasteiger partial charge in [0.15, 0.2) is 0 Å². The minimum absolute atomic E-state index is 0.156. The van der Waals surface area contributed by atoms with Gasteiger partial charge in [0.1, 0.15) is 12.6 Å². The van der Waals surface area contributed by atoms with Crippen molar-refractivity contribution in [3.05, 3.63) is 35.9 Å². The van der Waals surface area contributed by atoms with Gasteiger partial charge in [-0.1, -0.05) is 30.3 Å². The summed E-state index contributed by atoms with van der Waals surface area (Å²) in [6.07, 6.45) is 1.36. The van der Waals surface area contributed by atoms with Crippen molar-refractivity contribution < 1.29 is 19.1 Å². The topological polar surface area (TPSA) is 90.6 Å². The van der Waals surface area contributed by atoms with Crippen molar-refractivity contribution in [1.82, 2.24) is 5.32 Å². The van der Waals surface area contributed by atoms with E-state index in [0.717, 1.165) is 18.4 Å². The molecule has 0 aliphatic rings. The minimum atomic E-state index is -0.704. The van der Waals surface area contributed by atoms with E-state index in [1.807, 2.05) is 30.3 Å². The van der Waals surface area contributed by atoms with Gasteiger partial charge >= 0.3 is 12.1 Å². The molecule has 0 saturated heterocycles. The summed E-state index contributed by atoms with van der Waals surface area (Å²) < 4.78 is 9.74. The van der Waals surface area contributed by atoms with Crippen LogP contribution in [0.25, 0.3) is 0 Å². The summed E-state index contributed by atoms with van der Waals surface area (Å²) in [5.74, 6) is -0.483. The number of esters is 1. The Morgan fingerprint density at radius 2 is 1.95 bits per heavy atom. The second-order valence-electron chi connectivity index (χ2n) is 4.57. The fraction of sp³-hybridized carbons (Fsp3) is 0.467. The van der Waals surface area contributed by atoms with Crippen molar-refractivity contribution in [2.75, 3.05) is 13.7 Å². The third-order valence-corrected chi connectivity index (χ3v) is 2.94. The number of benzene rings is 1. The summed E-state index contributed by atoms with van der Waals surface area (Å²) in [4.78, 5) is 23.3. The molecule has 0 fully saturated rings. The zero-order valence-electron chi connectivity index (χ0n) is 12.2. The first-order valence-corrected chi connectivity index (χ1v) is 6.92. The largest absolute Gasteiger partial charge is 0.467 e. The van der Waals surface area contributed by atoms with E-state index in [1.165, 1.54) is 7.11 Å². The first kappa shape index (κ1) is 17.0. The Morgan fingerprint density at radius 1 is 1.24 bits per heavy atom. The highest BCUT2D eigenvalue weighted by atomic mass is 16.6. The predicted octanol–water partition coefficient (Wildman–Crippen LogP) is 1.58. The monoisotopic (exact) mass is 294 g/mol. The van der Waals surface area contributed by atoms with Gasteiger partial charge in [0.05, 0.1) is 7.11 Å². The zero-order valence-corrected chi connectivity index (χ0v) is 12.2. The van der Waals surface area contributed by atoms with E-state index in [-0.39, 0.29) is 6.61 Å². The number of methoxy groups -OCH3 is 1. The molecule has 1 aromatic rings. The number of rotatable bonds is 8. The molecular formula is C15H22N2O4. The minimum Gasteiger partial charge on any atom is -0.467 e. The van der Waals surface area contributed by atoms with Gasteiger partial charge in [-0.25, -0.2) is 9.59 Å². The predicted molar refractivity (Wildman–Crippen MR) is 78.5 cm³/mol. The smallest absolute Gasteiger partial charge is 0.408 e. The molecule has 0 spiro atoms. The van der Waals surface area contributed by atoms with Crippen LogP contribution in [-0.4, -0.2) is 31.8 Å². The van der Waals surface area contributed by atoms with Crippen LogP contribution in [0.5, 0.6) is 0 Å². The normalized spacial score (nSPS) is 11.5. The Kier molecular flexibility index (Phi) is 7.89. The molecule has 1 aromatic carbocycles. The summed E-state index contributed by atoms with van der Waals surface area (Å²) in [5.41, 5.74) is 6.29. The molecule has 0 saturated carbocycles. The summed E-state index contributed by atoms with van der Waals surface area (Å²) >= 11 is 0. The summed E-state index contributed by atoms with van der Waals surface area (Å²) in [7, 11) is 1.29. The van der Waals surface area contributed by atoms with Crippen molar-refractivity contribution in [1.29, 1.82) is 0 Å². The van der Waals surface area contributed by atoms with E-state index in [2.05, 4.69) is 10.1 Å². The quantitative estimate of drug-likeness (QED) is 0.561. The van der Waals surface area contributed by atoms with E-state index in [1.54, 1.807) is 0 Å². The van der Waals surface area contributed by atoms with Crippen LogP contribution in [0.4, 0.5) is 4.79 Å². The highest BCUT2D eigenvalue weighted by Gasteiger charge is 2.21. The molecule has 0 radical (unpaired) electrons. The van der Waals surface area contributed by atoms with E-state index >= 15 is 0 Å². The lowest BCUT2D eigenvalue weighted by Crippen LogP contribution is -2.41. The van der Waals surface area contributed by atoms with E-state index in [0.29, 0.717) is 13.0 Å². The van der Waals surface area contributed by atoms with Crippen LogP contribution in [-0.2, 0) is 20.9 Å². The van der Waals surface area contributed by atoms with E-state index < -0.39 is 18.1 Å². The van der Waals surface area contributed by atoms with Gasteiger partial charge in [-0.05, 0) is 31.4 Å².